The van der Waals surface area contributed by atoms with Crippen molar-refractivity contribution in [3.05, 3.63) is 46.7 Å². The molecule has 102 valence electrons. The summed E-state index contributed by atoms with van der Waals surface area (Å²) in [6, 6.07) is 4.81. The van der Waals surface area contributed by atoms with Gasteiger partial charge in [0.15, 0.2) is 0 Å². The molecule has 0 aliphatic heterocycles. The van der Waals surface area contributed by atoms with Crippen LogP contribution in [0.2, 0.25) is 0 Å². The van der Waals surface area contributed by atoms with Crippen LogP contribution in [0.15, 0.2) is 35.3 Å². The average Bonchev–Trinajstić information content (AvgIpc) is 2.92. The summed E-state index contributed by atoms with van der Waals surface area (Å²) in [5, 5.41) is 0. The zero-order valence-electron chi connectivity index (χ0n) is 10.7. The molecule has 1 amide bonds. The Balaban J connectivity index is 2.28. The number of hydrogen-bond donors (Lipinski definition) is 0. The zero-order valence-corrected chi connectivity index (χ0v) is 12.3. The fraction of sp³-hybridized carbons (Fsp3) is 0.400. The van der Waals surface area contributed by atoms with E-state index in [2.05, 4.69) is 22.5 Å². The Morgan fingerprint density at radius 1 is 1.47 bits per heavy atom. The van der Waals surface area contributed by atoms with E-state index in [4.69, 9.17) is 0 Å². The second kappa shape index (κ2) is 6.33. The fourth-order valence-corrected chi connectivity index (χ4v) is 3.01. The van der Waals surface area contributed by atoms with Gasteiger partial charge in [-0.05, 0) is 40.9 Å². The van der Waals surface area contributed by atoms with Crippen molar-refractivity contribution in [2.24, 2.45) is 0 Å². The highest BCUT2D eigenvalue weighted by molar-refractivity contribution is 9.10. The molecule has 1 aromatic carbocycles. The smallest absolute Gasteiger partial charge is 0.255 e. The van der Waals surface area contributed by atoms with Crippen LogP contribution >= 0.6 is 15.9 Å². The van der Waals surface area contributed by atoms with Gasteiger partial charge in [0.05, 0.1) is 10.0 Å². The number of nitrogens with zero attached hydrogens (tertiary/aromatic N) is 1. The van der Waals surface area contributed by atoms with E-state index < -0.39 is 5.82 Å². The molecule has 0 saturated heterocycles. The maximum absolute atomic E-state index is 13.5. The van der Waals surface area contributed by atoms with Gasteiger partial charge >= 0.3 is 0 Å². The van der Waals surface area contributed by atoms with Crippen LogP contribution in [0.1, 0.15) is 36.0 Å². The first kappa shape index (κ1) is 14.3. The largest absolute Gasteiger partial charge is 0.332 e. The molecular formula is C15H17BrFNO. The van der Waals surface area contributed by atoms with E-state index in [-0.39, 0.29) is 16.4 Å². The second-order valence-electron chi connectivity index (χ2n) is 4.79. The monoisotopic (exact) mass is 325 g/mol. The molecule has 0 heterocycles. The second-order valence-corrected chi connectivity index (χ2v) is 5.58. The zero-order chi connectivity index (χ0) is 13.8. The molecule has 1 fully saturated rings. The van der Waals surface area contributed by atoms with Gasteiger partial charge in [0.25, 0.3) is 5.91 Å². The van der Waals surface area contributed by atoms with Gasteiger partial charge in [-0.1, -0.05) is 25.0 Å². The molecule has 0 atom stereocenters. The van der Waals surface area contributed by atoms with Gasteiger partial charge in [0.2, 0.25) is 0 Å². The van der Waals surface area contributed by atoms with Gasteiger partial charge in [-0.3, -0.25) is 4.79 Å². The Hall–Kier alpha value is -1.16. The minimum Gasteiger partial charge on any atom is -0.332 e. The number of benzene rings is 1. The fourth-order valence-electron chi connectivity index (χ4n) is 2.58. The molecule has 2 nitrogen and oxygen atoms in total. The van der Waals surface area contributed by atoms with E-state index >= 15 is 0 Å². The molecule has 0 bridgehead atoms. The average molecular weight is 326 g/mol. The summed E-state index contributed by atoms with van der Waals surface area (Å²) in [6.07, 6.45) is 6.06. The highest BCUT2D eigenvalue weighted by Gasteiger charge is 2.27. The third-order valence-corrected chi connectivity index (χ3v) is 4.34. The van der Waals surface area contributed by atoms with E-state index in [1.165, 1.54) is 6.07 Å². The van der Waals surface area contributed by atoms with Crippen LogP contribution in [0, 0.1) is 5.82 Å². The molecule has 1 aliphatic rings. The van der Waals surface area contributed by atoms with E-state index in [0.29, 0.717) is 12.1 Å². The van der Waals surface area contributed by atoms with Gasteiger partial charge in [-0.15, -0.1) is 6.58 Å². The molecule has 4 heteroatoms. The summed E-state index contributed by atoms with van der Waals surface area (Å²) in [7, 11) is 0. The summed E-state index contributed by atoms with van der Waals surface area (Å²) in [5.74, 6) is -0.533. The maximum atomic E-state index is 13.5. The van der Waals surface area contributed by atoms with Gasteiger partial charge in [-0.2, -0.15) is 0 Å². The summed E-state index contributed by atoms with van der Waals surface area (Å²) in [5.41, 5.74) is 0.383. The normalized spacial score (nSPS) is 15.5. The number of halogens is 2. The Morgan fingerprint density at radius 3 is 2.79 bits per heavy atom. The van der Waals surface area contributed by atoms with Crippen LogP contribution in [0.25, 0.3) is 0 Å². The van der Waals surface area contributed by atoms with E-state index in [1.54, 1.807) is 23.1 Å². The molecule has 1 aromatic rings. The molecule has 1 saturated carbocycles. The lowest BCUT2D eigenvalue weighted by Gasteiger charge is -2.28. The van der Waals surface area contributed by atoms with Crippen molar-refractivity contribution in [3.8, 4) is 0 Å². The number of carbonyl (C=O) groups excluding carboxylic acids is 1. The molecule has 0 spiro atoms. The first-order chi connectivity index (χ1) is 9.15. The van der Waals surface area contributed by atoms with Crippen LogP contribution in [0.3, 0.4) is 0 Å². The van der Waals surface area contributed by atoms with Crippen molar-refractivity contribution in [2.75, 3.05) is 6.54 Å². The molecule has 0 aromatic heterocycles. The van der Waals surface area contributed by atoms with Crippen LogP contribution in [0.5, 0.6) is 0 Å². The maximum Gasteiger partial charge on any atom is 0.255 e. The lowest BCUT2D eigenvalue weighted by Crippen LogP contribution is -2.39. The van der Waals surface area contributed by atoms with Crippen molar-refractivity contribution in [2.45, 2.75) is 31.7 Å². The summed E-state index contributed by atoms with van der Waals surface area (Å²) >= 11 is 3.16. The van der Waals surface area contributed by atoms with Crippen molar-refractivity contribution in [1.29, 1.82) is 0 Å². The van der Waals surface area contributed by atoms with Crippen LogP contribution in [-0.2, 0) is 0 Å². The lowest BCUT2D eigenvalue weighted by molar-refractivity contribution is 0.0705. The van der Waals surface area contributed by atoms with E-state index in [1.807, 2.05) is 0 Å². The van der Waals surface area contributed by atoms with Gasteiger partial charge < -0.3 is 4.90 Å². The third-order valence-electron chi connectivity index (χ3n) is 3.53. The topological polar surface area (TPSA) is 20.3 Å². The first-order valence-corrected chi connectivity index (χ1v) is 7.30. The minimum absolute atomic E-state index is 0.127. The van der Waals surface area contributed by atoms with E-state index in [9.17, 15) is 9.18 Å². The predicted molar refractivity (Wildman–Crippen MR) is 77.6 cm³/mol. The SMILES string of the molecule is C=CCN(C(=O)c1cccc(F)c1Br)C1CCCC1. The van der Waals surface area contributed by atoms with Gasteiger partial charge in [0, 0.05) is 12.6 Å². The van der Waals surface area contributed by atoms with Gasteiger partial charge in [0.1, 0.15) is 5.82 Å². The highest BCUT2D eigenvalue weighted by atomic mass is 79.9. The molecule has 0 radical (unpaired) electrons. The van der Waals surface area contributed by atoms with E-state index in [0.717, 1.165) is 25.7 Å². The number of hydrogen-bond acceptors (Lipinski definition) is 1. The molecule has 0 N–H and O–H groups in total. The highest BCUT2D eigenvalue weighted by Crippen LogP contribution is 2.27. The van der Waals surface area contributed by atoms with Crippen molar-refractivity contribution < 1.29 is 9.18 Å². The number of rotatable bonds is 4. The summed E-state index contributed by atoms with van der Waals surface area (Å²) in [6.45, 7) is 4.21. The minimum atomic E-state index is -0.407. The Bertz CT molecular complexity index is 483. The van der Waals surface area contributed by atoms with Crippen molar-refractivity contribution in [3.63, 3.8) is 0 Å². The Morgan fingerprint density at radius 2 is 2.16 bits per heavy atom. The molecule has 2 rings (SSSR count). The Kier molecular flexibility index (Phi) is 4.75. The summed E-state index contributed by atoms with van der Waals surface area (Å²) in [4.78, 5) is 14.4. The number of amides is 1. The number of carbonyl (C=O) groups is 1. The van der Waals surface area contributed by atoms with Crippen molar-refractivity contribution in [1.82, 2.24) is 4.90 Å². The third kappa shape index (κ3) is 3.06. The summed E-state index contributed by atoms with van der Waals surface area (Å²) < 4.78 is 13.8. The first-order valence-electron chi connectivity index (χ1n) is 6.51. The predicted octanol–water partition coefficient (Wildman–Crippen LogP) is 4.16. The van der Waals surface area contributed by atoms with Crippen molar-refractivity contribution >= 4 is 21.8 Å². The van der Waals surface area contributed by atoms with Gasteiger partial charge in [-0.25, -0.2) is 4.39 Å². The quantitative estimate of drug-likeness (QED) is 0.761. The standard InChI is InChI=1S/C15H17BrFNO/c1-2-10-18(11-6-3-4-7-11)15(19)12-8-5-9-13(17)14(12)16/h2,5,8-9,11H,1,3-4,6-7,10H2. The lowest BCUT2D eigenvalue weighted by atomic mass is 10.1. The molecular weight excluding hydrogens is 309 g/mol. The molecule has 0 unspecified atom stereocenters. The molecule has 19 heavy (non-hydrogen) atoms. The van der Waals surface area contributed by atoms with Crippen LogP contribution in [0.4, 0.5) is 4.39 Å². The van der Waals surface area contributed by atoms with Crippen LogP contribution < -0.4 is 0 Å². The van der Waals surface area contributed by atoms with Crippen LogP contribution in [-0.4, -0.2) is 23.4 Å². The molecule has 1 aliphatic carbocycles. The Labute approximate surface area is 121 Å².